The van der Waals surface area contributed by atoms with E-state index in [1.54, 1.807) is 12.5 Å². The first-order valence-corrected chi connectivity index (χ1v) is 12.6. The summed E-state index contributed by atoms with van der Waals surface area (Å²) in [4.78, 5) is 34.4. The number of carboxylic acids is 1. The molecule has 1 aromatic heterocycles. The number of methoxy groups -OCH3 is 1. The first-order chi connectivity index (χ1) is 15.5. The molecule has 0 radical (unpaired) electrons. The van der Waals surface area contributed by atoms with Gasteiger partial charge in [0, 0.05) is 68.6 Å². The number of carbonyl (C=O) groups is 2. The van der Waals surface area contributed by atoms with Crippen molar-refractivity contribution in [1.82, 2.24) is 14.8 Å². The van der Waals surface area contributed by atoms with Crippen molar-refractivity contribution in [3.63, 3.8) is 0 Å². The predicted molar refractivity (Wildman–Crippen MR) is 126 cm³/mol. The Morgan fingerprint density at radius 1 is 1.25 bits per heavy atom. The molecule has 8 nitrogen and oxygen atoms in total. The highest BCUT2D eigenvalue weighted by atomic mass is 32.2. The zero-order valence-electron chi connectivity index (χ0n) is 18.1. The van der Waals surface area contributed by atoms with Gasteiger partial charge in [0.25, 0.3) is 0 Å². The number of anilines is 1. The smallest absolute Gasteiger partial charge is 0.355 e. The number of hydrogen-bond donors (Lipinski definition) is 1. The first kappa shape index (κ1) is 22.9. The minimum Gasteiger partial charge on any atom is -0.497 e. The highest BCUT2D eigenvalue weighted by Gasteiger charge is 2.32. The molecular weight excluding hydrogens is 448 g/mol. The molecule has 10 heteroatoms. The minimum atomic E-state index is -1.00. The van der Waals surface area contributed by atoms with Crippen LogP contribution in [0.25, 0.3) is 0 Å². The molecule has 1 atom stereocenters. The van der Waals surface area contributed by atoms with Gasteiger partial charge in [-0.25, -0.2) is 9.78 Å². The first-order valence-electron chi connectivity index (χ1n) is 10.8. The number of carboxylic acid groups (broad SMARTS) is 1. The quantitative estimate of drug-likeness (QED) is 0.553. The van der Waals surface area contributed by atoms with Gasteiger partial charge in [-0.05, 0) is 30.7 Å². The highest BCUT2D eigenvalue weighted by Crippen LogP contribution is 2.26. The van der Waals surface area contributed by atoms with Gasteiger partial charge in [-0.15, -0.1) is 11.3 Å². The van der Waals surface area contributed by atoms with Crippen LogP contribution < -0.4 is 9.64 Å². The van der Waals surface area contributed by atoms with Crippen LogP contribution in [0, 0.1) is 0 Å². The lowest BCUT2D eigenvalue weighted by molar-refractivity contribution is -0.128. The van der Waals surface area contributed by atoms with Crippen molar-refractivity contribution < 1.29 is 19.4 Å². The predicted octanol–water partition coefficient (Wildman–Crippen LogP) is 2.76. The average molecular weight is 477 g/mol. The fraction of sp³-hybridized carbons (Fsp3) is 0.500. The average Bonchev–Trinajstić information content (AvgIpc) is 3.42. The molecule has 0 bridgehead atoms. The van der Waals surface area contributed by atoms with Crippen LogP contribution in [0.2, 0.25) is 0 Å². The van der Waals surface area contributed by atoms with Gasteiger partial charge in [-0.2, -0.15) is 0 Å². The Bertz CT molecular complexity index is 928. The Balaban J connectivity index is 1.24. The van der Waals surface area contributed by atoms with Gasteiger partial charge in [0.1, 0.15) is 5.75 Å². The maximum Gasteiger partial charge on any atom is 0.355 e. The van der Waals surface area contributed by atoms with E-state index in [9.17, 15) is 9.59 Å². The van der Waals surface area contributed by atoms with Crippen molar-refractivity contribution in [2.24, 2.45) is 0 Å². The fourth-order valence-electron chi connectivity index (χ4n) is 4.22. The molecule has 2 aliphatic rings. The van der Waals surface area contributed by atoms with Gasteiger partial charge in [0.2, 0.25) is 5.91 Å². The van der Waals surface area contributed by atoms with Crippen molar-refractivity contribution in [3.05, 3.63) is 35.3 Å². The van der Waals surface area contributed by atoms with Crippen LogP contribution in [0.15, 0.2) is 34.0 Å². The second kappa shape index (κ2) is 10.5. The van der Waals surface area contributed by atoms with Crippen LogP contribution in [0.5, 0.6) is 5.75 Å². The lowest BCUT2D eigenvalue weighted by Crippen LogP contribution is -2.51. The van der Waals surface area contributed by atoms with Crippen molar-refractivity contribution in [3.8, 4) is 5.75 Å². The SMILES string of the molecule is COc1ccc(N2CCN(C[C@H]3CCC(=O)N3CCSc3nc(C(=O)O)cs3)CC2)cc1. The van der Waals surface area contributed by atoms with E-state index in [0.717, 1.165) is 55.0 Å². The molecule has 2 aliphatic heterocycles. The topological polar surface area (TPSA) is 86.2 Å². The molecule has 32 heavy (non-hydrogen) atoms. The number of nitrogens with zero attached hydrogens (tertiary/aromatic N) is 4. The molecule has 0 unspecified atom stereocenters. The number of thioether (sulfide) groups is 1. The van der Waals surface area contributed by atoms with E-state index in [-0.39, 0.29) is 17.6 Å². The third-order valence-electron chi connectivity index (χ3n) is 5.99. The largest absolute Gasteiger partial charge is 0.497 e. The second-order valence-corrected chi connectivity index (χ2v) is 10.1. The highest BCUT2D eigenvalue weighted by molar-refractivity contribution is 8.01. The Kier molecular flexibility index (Phi) is 7.54. The van der Waals surface area contributed by atoms with Gasteiger partial charge < -0.3 is 19.6 Å². The van der Waals surface area contributed by atoms with E-state index >= 15 is 0 Å². The van der Waals surface area contributed by atoms with E-state index in [1.165, 1.54) is 28.8 Å². The van der Waals surface area contributed by atoms with Crippen molar-refractivity contribution in [2.75, 3.05) is 57.0 Å². The maximum atomic E-state index is 12.4. The number of ether oxygens (including phenoxy) is 1. The van der Waals surface area contributed by atoms with Crippen LogP contribution in [0.1, 0.15) is 23.3 Å². The van der Waals surface area contributed by atoms with Gasteiger partial charge in [-0.3, -0.25) is 9.69 Å². The van der Waals surface area contributed by atoms with E-state index in [2.05, 4.69) is 26.9 Å². The van der Waals surface area contributed by atoms with E-state index in [0.29, 0.717) is 13.0 Å². The van der Waals surface area contributed by atoms with Crippen LogP contribution in [0.4, 0.5) is 5.69 Å². The number of aromatic carboxylic acids is 1. The summed E-state index contributed by atoms with van der Waals surface area (Å²) in [5.41, 5.74) is 1.30. The molecule has 1 amide bonds. The molecule has 0 aliphatic carbocycles. The maximum absolute atomic E-state index is 12.4. The molecule has 2 aromatic rings. The fourth-order valence-corrected chi connectivity index (χ4v) is 6.03. The molecular formula is C22H28N4O4S2. The molecule has 0 spiro atoms. The monoisotopic (exact) mass is 476 g/mol. The van der Waals surface area contributed by atoms with E-state index in [1.807, 2.05) is 17.0 Å². The molecule has 2 fully saturated rings. The summed E-state index contributed by atoms with van der Waals surface area (Å²) >= 11 is 2.86. The zero-order chi connectivity index (χ0) is 22.5. The number of benzene rings is 1. The third kappa shape index (κ3) is 5.54. The van der Waals surface area contributed by atoms with Gasteiger partial charge in [0.05, 0.1) is 7.11 Å². The number of hydrogen-bond acceptors (Lipinski definition) is 8. The van der Waals surface area contributed by atoms with Gasteiger partial charge in [-0.1, -0.05) is 11.8 Å². The molecule has 0 saturated carbocycles. The summed E-state index contributed by atoms with van der Waals surface area (Å²) in [5, 5.41) is 10.5. The number of piperazine rings is 1. The van der Waals surface area contributed by atoms with Crippen LogP contribution in [0.3, 0.4) is 0 Å². The molecule has 172 valence electrons. The number of likely N-dealkylation sites (tertiary alicyclic amines) is 1. The normalized spacial score (nSPS) is 19.5. The summed E-state index contributed by atoms with van der Waals surface area (Å²) in [5.74, 6) is 0.807. The summed E-state index contributed by atoms with van der Waals surface area (Å²) < 4.78 is 5.98. The number of carbonyl (C=O) groups excluding carboxylic acids is 1. The van der Waals surface area contributed by atoms with Gasteiger partial charge in [0.15, 0.2) is 10.0 Å². The van der Waals surface area contributed by atoms with Crippen molar-refractivity contribution in [1.29, 1.82) is 0 Å². The number of aromatic nitrogens is 1. The molecule has 2 saturated heterocycles. The van der Waals surface area contributed by atoms with Gasteiger partial charge >= 0.3 is 5.97 Å². The van der Waals surface area contributed by atoms with E-state index < -0.39 is 5.97 Å². The second-order valence-electron chi connectivity index (χ2n) is 7.92. The molecule has 4 rings (SSSR count). The Morgan fingerprint density at radius 2 is 2.00 bits per heavy atom. The number of rotatable bonds is 9. The Labute approximate surface area is 196 Å². The lowest BCUT2D eigenvalue weighted by Gasteiger charge is -2.38. The van der Waals surface area contributed by atoms with Crippen molar-refractivity contribution >= 4 is 40.7 Å². The van der Waals surface area contributed by atoms with Crippen LogP contribution >= 0.6 is 23.1 Å². The minimum absolute atomic E-state index is 0.0846. The van der Waals surface area contributed by atoms with Crippen molar-refractivity contribution in [2.45, 2.75) is 23.2 Å². The summed E-state index contributed by atoms with van der Waals surface area (Å²) in [7, 11) is 1.68. The summed E-state index contributed by atoms with van der Waals surface area (Å²) in [6.45, 7) is 5.49. The van der Waals surface area contributed by atoms with E-state index in [4.69, 9.17) is 9.84 Å². The summed E-state index contributed by atoms with van der Waals surface area (Å²) in [6.07, 6.45) is 1.52. The molecule has 3 heterocycles. The Hall–Kier alpha value is -2.30. The molecule has 1 aromatic carbocycles. The number of thiazole rings is 1. The number of amides is 1. The third-order valence-corrected chi connectivity index (χ3v) is 7.99. The van der Waals surface area contributed by atoms with Crippen LogP contribution in [-0.2, 0) is 4.79 Å². The molecule has 1 N–H and O–H groups in total. The standard InChI is InChI=1S/C22H28N4O4S2/c1-30-18-5-2-16(3-6-18)25-10-8-24(9-11-25)14-17-4-7-20(27)26(17)12-13-31-22-23-19(15-32-22)21(28)29/h2-3,5-6,15,17H,4,7-14H2,1H3,(H,28,29)/t17-/m1/s1. The zero-order valence-corrected chi connectivity index (χ0v) is 19.7. The Morgan fingerprint density at radius 3 is 2.66 bits per heavy atom. The lowest BCUT2D eigenvalue weighted by atomic mass is 10.1. The summed E-state index contributed by atoms with van der Waals surface area (Å²) in [6, 6.07) is 8.45. The van der Waals surface area contributed by atoms with Crippen LogP contribution in [-0.4, -0.2) is 89.9 Å².